The molecule has 8 nitrogen and oxygen atoms in total. The first-order chi connectivity index (χ1) is 15.2. The predicted octanol–water partition coefficient (Wildman–Crippen LogP) is 2.76. The van der Waals surface area contributed by atoms with Crippen LogP contribution < -0.4 is 10.6 Å². The van der Waals surface area contributed by atoms with Gasteiger partial charge in [-0.2, -0.15) is 5.10 Å². The molecule has 180 valence electrons. The summed E-state index contributed by atoms with van der Waals surface area (Å²) >= 11 is 0. The van der Waals surface area contributed by atoms with Crippen LogP contribution in [0.15, 0.2) is 27.8 Å². The van der Waals surface area contributed by atoms with Gasteiger partial charge in [0.2, 0.25) is 0 Å². The maximum atomic E-state index is 5.45. The molecular formula is C23H39IN6O2. The Morgan fingerprint density at radius 3 is 2.62 bits per heavy atom. The number of morpholine rings is 1. The molecule has 0 saturated carbocycles. The summed E-state index contributed by atoms with van der Waals surface area (Å²) in [5.74, 6) is 1.83. The van der Waals surface area contributed by atoms with Crippen molar-refractivity contribution in [2.75, 3.05) is 45.9 Å². The Morgan fingerprint density at radius 2 is 1.94 bits per heavy atom. The Bertz CT molecular complexity index is 800. The smallest absolute Gasteiger partial charge is 0.191 e. The molecule has 0 aliphatic carbocycles. The van der Waals surface area contributed by atoms with Crippen LogP contribution in [0.25, 0.3) is 0 Å². The normalized spacial score (nSPS) is 14.9. The Morgan fingerprint density at radius 1 is 1.16 bits per heavy atom. The Labute approximate surface area is 209 Å². The third-order valence-electron chi connectivity index (χ3n) is 5.71. The van der Waals surface area contributed by atoms with E-state index in [4.69, 9.17) is 14.1 Å². The average Bonchev–Trinajstić information content (AvgIpc) is 3.42. The molecule has 9 heteroatoms. The van der Waals surface area contributed by atoms with Crippen LogP contribution in [-0.2, 0) is 37.6 Å². The van der Waals surface area contributed by atoms with E-state index in [0.29, 0.717) is 6.54 Å². The predicted molar refractivity (Wildman–Crippen MR) is 139 cm³/mol. The molecule has 2 N–H and O–H groups in total. The molecule has 0 spiro atoms. The van der Waals surface area contributed by atoms with E-state index < -0.39 is 0 Å². The van der Waals surface area contributed by atoms with Gasteiger partial charge in [0.15, 0.2) is 5.96 Å². The second-order valence-corrected chi connectivity index (χ2v) is 7.86. The van der Waals surface area contributed by atoms with Gasteiger partial charge < -0.3 is 19.8 Å². The number of hydrogen-bond acceptors (Lipinski definition) is 5. The summed E-state index contributed by atoms with van der Waals surface area (Å²) < 4.78 is 12.9. The maximum Gasteiger partial charge on any atom is 0.191 e. The summed E-state index contributed by atoms with van der Waals surface area (Å²) in [6.45, 7) is 11.5. The van der Waals surface area contributed by atoms with Crippen molar-refractivity contribution in [2.45, 2.75) is 46.1 Å². The lowest BCUT2D eigenvalue weighted by atomic mass is 10.1. The Kier molecular flexibility index (Phi) is 12.1. The highest BCUT2D eigenvalue weighted by molar-refractivity contribution is 14.0. The SMILES string of the molecule is CCc1nn(C)c(CC)c1CN=C(NCCCN1CCOCC1)NCCc1ccco1.I. The molecule has 2 aromatic rings. The second-order valence-electron chi connectivity index (χ2n) is 7.86. The molecule has 3 rings (SSSR count). The molecular weight excluding hydrogens is 519 g/mol. The standard InChI is InChI=1S/C23H38N6O2.HI/c1-4-21-20(22(5-2)28(3)27-21)18-26-23(25-11-9-19-8-6-15-31-19)24-10-7-12-29-13-16-30-17-14-29;/h6,8,15H,4-5,7,9-14,16-18H2,1-3H3,(H2,24,25,26);1H. The van der Waals surface area contributed by atoms with Crippen molar-refractivity contribution in [1.82, 2.24) is 25.3 Å². The first-order valence-corrected chi connectivity index (χ1v) is 11.6. The minimum atomic E-state index is 0. The van der Waals surface area contributed by atoms with E-state index in [2.05, 4.69) is 34.5 Å². The van der Waals surface area contributed by atoms with Crippen LogP contribution in [0.3, 0.4) is 0 Å². The molecule has 1 aliphatic rings. The van der Waals surface area contributed by atoms with E-state index in [1.165, 1.54) is 11.3 Å². The first-order valence-electron chi connectivity index (χ1n) is 11.6. The number of aromatic nitrogens is 2. The zero-order chi connectivity index (χ0) is 21.9. The molecule has 0 bridgehead atoms. The van der Waals surface area contributed by atoms with Crippen molar-refractivity contribution in [2.24, 2.45) is 12.0 Å². The quantitative estimate of drug-likeness (QED) is 0.191. The van der Waals surface area contributed by atoms with Crippen molar-refractivity contribution < 1.29 is 9.15 Å². The van der Waals surface area contributed by atoms with Crippen molar-refractivity contribution in [1.29, 1.82) is 0 Å². The van der Waals surface area contributed by atoms with Gasteiger partial charge in [-0.3, -0.25) is 9.58 Å². The van der Waals surface area contributed by atoms with Gasteiger partial charge in [0.25, 0.3) is 0 Å². The summed E-state index contributed by atoms with van der Waals surface area (Å²) in [4.78, 5) is 7.37. The number of guanidine groups is 1. The summed E-state index contributed by atoms with van der Waals surface area (Å²) in [5, 5.41) is 11.7. The van der Waals surface area contributed by atoms with Gasteiger partial charge in [0.05, 0.1) is 31.7 Å². The fourth-order valence-electron chi connectivity index (χ4n) is 4.00. The Hall–Kier alpha value is -1.59. The van der Waals surface area contributed by atoms with E-state index >= 15 is 0 Å². The van der Waals surface area contributed by atoms with Crippen LogP contribution in [0.1, 0.15) is 43.0 Å². The van der Waals surface area contributed by atoms with E-state index in [9.17, 15) is 0 Å². The number of aliphatic imine (C=N–C) groups is 1. The summed E-state index contributed by atoms with van der Waals surface area (Å²) in [6, 6.07) is 3.93. The van der Waals surface area contributed by atoms with Crippen molar-refractivity contribution in [3.05, 3.63) is 41.1 Å². The van der Waals surface area contributed by atoms with Gasteiger partial charge in [-0.25, -0.2) is 4.99 Å². The summed E-state index contributed by atoms with van der Waals surface area (Å²) in [5.41, 5.74) is 3.67. The van der Waals surface area contributed by atoms with Gasteiger partial charge in [-0.05, 0) is 37.9 Å². The van der Waals surface area contributed by atoms with E-state index in [0.717, 1.165) is 89.0 Å². The Balaban J connectivity index is 0.00000363. The lowest BCUT2D eigenvalue weighted by molar-refractivity contribution is 0.0376. The number of nitrogens with zero attached hydrogens (tertiary/aromatic N) is 4. The average molecular weight is 559 g/mol. The number of aryl methyl sites for hydroxylation is 2. The molecule has 1 fully saturated rings. The zero-order valence-corrected chi connectivity index (χ0v) is 22.1. The van der Waals surface area contributed by atoms with Crippen molar-refractivity contribution in [3.8, 4) is 0 Å². The van der Waals surface area contributed by atoms with Crippen LogP contribution in [-0.4, -0.2) is 66.6 Å². The monoisotopic (exact) mass is 558 g/mol. The summed E-state index contributed by atoms with van der Waals surface area (Å²) in [6.07, 6.45) is 5.51. The van der Waals surface area contributed by atoms with E-state index in [1.54, 1.807) is 6.26 Å². The van der Waals surface area contributed by atoms with Gasteiger partial charge in [-0.1, -0.05) is 13.8 Å². The van der Waals surface area contributed by atoms with Gasteiger partial charge in [0.1, 0.15) is 5.76 Å². The molecule has 0 amide bonds. The van der Waals surface area contributed by atoms with Crippen LogP contribution in [0.4, 0.5) is 0 Å². The van der Waals surface area contributed by atoms with Crippen LogP contribution in [0.5, 0.6) is 0 Å². The van der Waals surface area contributed by atoms with Crippen LogP contribution >= 0.6 is 24.0 Å². The molecule has 0 atom stereocenters. The number of ether oxygens (including phenoxy) is 1. The highest BCUT2D eigenvalue weighted by Crippen LogP contribution is 2.16. The number of halogens is 1. The van der Waals surface area contributed by atoms with E-state index in [-0.39, 0.29) is 24.0 Å². The number of nitrogens with one attached hydrogen (secondary N) is 2. The molecule has 32 heavy (non-hydrogen) atoms. The second kappa shape index (κ2) is 14.5. The first kappa shape index (κ1) is 26.7. The fraction of sp³-hybridized carbons (Fsp3) is 0.652. The van der Waals surface area contributed by atoms with Gasteiger partial charge in [-0.15, -0.1) is 24.0 Å². The van der Waals surface area contributed by atoms with E-state index in [1.807, 2.05) is 23.9 Å². The summed E-state index contributed by atoms with van der Waals surface area (Å²) in [7, 11) is 2.03. The molecule has 0 unspecified atom stereocenters. The largest absolute Gasteiger partial charge is 0.469 e. The lowest BCUT2D eigenvalue weighted by Crippen LogP contribution is -2.41. The molecule has 1 saturated heterocycles. The minimum Gasteiger partial charge on any atom is -0.469 e. The third-order valence-corrected chi connectivity index (χ3v) is 5.71. The maximum absolute atomic E-state index is 5.45. The highest BCUT2D eigenvalue weighted by Gasteiger charge is 2.14. The van der Waals surface area contributed by atoms with Crippen LogP contribution in [0.2, 0.25) is 0 Å². The molecule has 0 radical (unpaired) electrons. The molecule has 2 aromatic heterocycles. The minimum absolute atomic E-state index is 0. The lowest BCUT2D eigenvalue weighted by Gasteiger charge is -2.26. The molecule has 3 heterocycles. The fourth-order valence-corrected chi connectivity index (χ4v) is 4.00. The van der Waals surface area contributed by atoms with Crippen LogP contribution in [0, 0.1) is 0 Å². The van der Waals surface area contributed by atoms with Gasteiger partial charge >= 0.3 is 0 Å². The molecule has 0 aromatic carbocycles. The van der Waals surface area contributed by atoms with Crippen molar-refractivity contribution in [3.63, 3.8) is 0 Å². The topological polar surface area (TPSA) is 79.9 Å². The number of rotatable bonds is 11. The molecule has 1 aliphatic heterocycles. The number of furan rings is 1. The van der Waals surface area contributed by atoms with Crippen molar-refractivity contribution >= 4 is 29.9 Å². The number of hydrogen-bond donors (Lipinski definition) is 2. The highest BCUT2D eigenvalue weighted by atomic mass is 127. The zero-order valence-electron chi connectivity index (χ0n) is 19.7. The third kappa shape index (κ3) is 8.08. The van der Waals surface area contributed by atoms with Gasteiger partial charge in [0, 0.05) is 50.9 Å².